The van der Waals surface area contributed by atoms with Crippen LogP contribution in [0, 0.1) is 0 Å². The molecular formula is C29H30N2O5S. The molecule has 0 saturated carbocycles. The van der Waals surface area contributed by atoms with E-state index in [1.807, 2.05) is 86.6 Å². The molecule has 0 atom stereocenters. The standard InChI is InChI=1S/C29H30N2O5S/c1-4-34-24-14-12-22(13-15-24)31-28(32)25(19-21-11-16-26(35-5-2)27(20-21)33-3)30-29(31)37-18-17-36-23-9-7-6-8-10-23/h6-16,19-20H,4-5,17-18H2,1-3H3. The van der Waals surface area contributed by atoms with Gasteiger partial charge in [0.25, 0.3) is 5.91 Å². The van der Waals surface area contributed by atoms with Crippen LogP contribution in [-0.4, -0.2) is 43.8 Å². The van der Waals surface area contributed by atoms with Crippen LogP contribution in [-0.2, 0) is 4.79 Å². The van der Waals surface area contributed by atoms with Crippen LogP contribution in [0.5, 0.6) is 23.0 Å². The Morgan fingerprint density at radius 2 is 1.59 bits per heavy atom. The maximum Gasteiger partial charge on any atom is 0.283 e. The molecule has 0 spiro atoms. The molecular weight excluding hydrogens is 488 g/mol. The van der Waals surface area contributed by atoms with Gasteiger partial charge in [-0.3, -0.25) is 9.69 Å². The van der Waals surface area contributed by atoms with E-state index in [2.05, 4.69) is 0 Å². The second kappa shape index (κ2) is 12.9. The van der Waals surface area contributed by atoms with Crippen molar-refractivity contribution in [3.05, 3.63) is 84.1 Å². The highest BCUT2D eigenvalue weighted by Gasteiger charge is 2.32. The molecule has 8 heteroatoms. The molecule has 3 aromatic rings. The van der Waals surface area contributed by atoms with Crippen molar-refractivity contribution in [1.82, 2.24) is 0 Å². The number of ether oxygens (including phenoxy) is 4. The zero-order valence-electron chi connectivity index (χ0n) is 21.2. The average Bonchev–Trinajstić information content (AvgIpc) is 3.23. The van der Waals surface area contributed by atoms with Gasteiger partial charge in [-0.25, -0.2) is 4.99 Å². The van der Waals surface area contributed by atoms with Crippen molar-refractivity contribution in [2.45, 2.75) is 13.8 Å². The van der Waals surface area contributed by atoms with Gasteiger partial charge < -0.3 is 18.9 Å². The van der Waals surface area contributed by atoms with Crippen LogP contribution >= 0.6 is 11.8 Å². The minimum atomic E-state index is -0.205. The summed E-state index contributed by atoms with van der Waals surface area (Å²) in [5.41, 5.74) is 1.85. The molecule has 0 bridgehead atoms. The molecule has 0 fully saturated rings. The number of thioether (sulfide) groups is 1. The highest BCUT2D eigenvalue weighted by Crippen LogP contribution is 2.33. The van der Waals surface area contributed by atoms with E-state index in [0.717, 1.165) is 22.7 Å². The molecule has 0 N–H and O–H groups in total. The molecule has 0 unspecified atom stereocenters. The molecule has 1 aliphatic heterocycles. The number of para-hydroxylation sites is 1. The summed E-state index contributed by atoms with van der Waals surface area (Å²) < 4.78 is 22.4. The fraction of sp³-hybridized carbons (Fsp3) is 0.241. The third kappa shape index (κ3) is 6.65. The van der Waals surface area contributed by atoms with Crippen LogP contribution < -0.4 is 23.8 Å². The second-order valence-corrected chi connectivity index (χ2v) is 8.91. The minimum absolute atomic E-state index is 0.205. The Hall–Kier alpha value is -3.91. The third-order valence-corrected chi connectivity index (χ3v) is 6.26. The number of hydrogen-bond acceptors (Lipinski definition) is 7. The van der Waals surface area contributed by atoms with E-state index in [1.165, 1.54) is 11.8 Å². The number of benzene rings is 3. The van der Waals surface area contributed by atoms with E-state index in [0.29, 0.717) is 47.9 Å². The molecule has 0 saturated heterocycles. The van der Waals surface area contributed by atoms with Gasteiger partial charge in [0.1, 0.15) is 17.2 Å². The number of carbonyl (C=O) groups is 1. The van der Waals surface area contributed by atoms with Gasteiger partial charge >= 0.3 is 0 Å². The van der Waals surface area contributed by atoms with E-state index in [4.69, 9.17) is 23.9 Å². The predicted octanol–water partition coefficient (Wildman–Crippen LogP) is 6.05. The normalized spacial score (nSPS) is 14.0. The zero-order valence-corrected chi connectivity index (χ0v) is 22.0. The number of amides is 1. The number of amidine groups is 1. The van der Waals surface area contributed by atoms with Gasteiger partial charge in [0.05, 0.1) is 32.6 Å². The summed E-state index contributed by atoms with van der Waals surface area (Å²) in [4.78, 5) is 19.8. The molecule has 37 heavy (non-hydrogen) atoms. The van der Waals surface area contributed by atoms with Crippen molar-refractivity contribution in [2.75, 3.05) is 37.6 Å². The van der Waals surface area contributed by atoms with Gasteiger partial charge in [-0.05, 0) is 74.0 Å². The molecule has 4 rings (SSSR count). The van der Waals surface area contributed by atoms with Gasteiger partial charge in [0.2, 0.25) is 0 Å². The first-order valence-corrected chi connectivity index (χ1v) is 13.1. The van der Waals surface area contributed by atoms with Gasteiger partial charge in [-0.2, -0.15) is 0 Å². The number of hydrogen-bond donors (Lipinski definition) is 0. The van der Waals surface area contributed by atoms with Crippen LogP contribution in [0.1, 0.15) is 19.4 Å². The lowest BCUT2D eigenvalue weighted by Gasteiger charge is -2.18. The van der Waals surface area contributed by atoms with E-state index in [-0.39, 0.29) is 5.91 Å². The van der Waals surface area contributed by atoms with Gasteiger partial charge in [-0.1, -0.05) is 36.0 Å². The fourth-order valence-corrected chi connectivity index (χ4v) is 4.52. The Labute approximate surface area is 221 Å². The Morgan fingerprint density at radius 1 is 0.865 bits per heavy atom. The number of anilines is 1. The van der Waals surface area contributed by atoms with Crippen molar-refractivity contribution in [1.29, 1.82) is 0 Å². The van der Waals surface area contributed by atoms with Gasteiger partial charge in [0, 0.05) is 5.75 Å². The highest BCUT2D eigenvalue weighted by molar-refractivity contribution is 8.14. The van der Waals surface area contributed by atoms with Crippen molar-refractivity contribution >= 4 is 34.6 Å². The fourth-order valence-electron chi connectivity index (χ4n) is 3.69. The van der Waals surface area contributed by atoms with Crippen LogP contribution in [0.4, 0.5) is 5.69 Å². The average molecular weight is 519 g/mol. The van der Waals surface area contributed by atoms with Crippen molar-refractivity contribution < 1.29 is 23.7 Å². The van der Waals surface area contributed by atoms with E-state index >= 15 is 0 Å². The van der Waals surface area contributed by atoms with Gasteiger partial charge in [-0.15, -0.1) is 0 Å². The molecule has 0 aromatic heterocycles. The molecule has 1 heterocycles. The van der Waals surface area contributed by atoms with Crippen LogP contribution in [0.15, 0.2) is 83.5 Å². The first-order valence-electron chi connectivity index (χ1n) is 12.1. The highest BCUT2D eigenvalue weighted by atomic mass is 32.2. The van der Waals surface area contributed by atoms with Crippen LogP contribution in [0.25, 0.3) is 6.08 Å². The first kappa shape index (κ1) is 26.2. The number of aliphatic imine (C=N–C) groups is 1. The SMILES string of the molecule is CCOc1ccc(N2C(=O)C(=Cc3ccc(OCC)c(OC)c3)N=C2SCCOc2ccccc2)cc1. The van der Waals surface area contributed by atoms with Gasteiger partial charge in [0.15, 0.2) is 16.7 Å². The predicted molar refractivity (Wildman–Crippen MR) is 149 cm³/mol. The summed E-state index contributed by atoms with van der Waals surface area (Å²) in [5.74, 6) is 3.22. The smallest absolute Gasteiger partial charge is 0.283 e. The Balaban J connectivity index is 1.57. The van der Waals surface area contributed by atoms with Crippen molar-refractivity contribution in [3.63, 3.8) is 0 Å². The topological polar surface area (TPSA) is 69.6 Å². The van der Waals surface area contributed by atoms with E-state index in [1.54, 1.807) is 18.1 Å². The largest absolute Gasteiger partial charge is 0.494 e. The molecule has 192 valence electrons. The summed E-state index contributed by atoms with van der Waals surface area (Å²) >= 11 is 1.47. The molecule has 0 radical (unpaired) electrons. The van der Waals surface area contributed by atoms with E-state index < -0.39 is 0 Å². The lowest BCUT2D eigenvalue weighted by Crippen LogP contribution is -2.30. The maximum absolute atomic E-state index is 13.5. The summed E-state index contributed by atoms with van der Waals surface area (Å²) in [6.07, 6.45) is 1.76. The molecule has 1 amide bonds. The van der Waals surface area contributed by atoms with E-state index in [9.17, 15) is 4.79 Å². The lowest BCUT2D eigenvalue weighted by atomic mass is 10.1. The quantitative estimate of drug-likeness (QED) is 0.227. The molecule has 3 aromatic carbocycles. The number of methoxy groups -OCH3 is 1. The monoisotopic (exact) mass is 518 g/mol. The first-order chi connectivity index (χ1) is 18.1. The zero-order chi connectivity index (χ0) is 26.0. The maximum atomic E-state index is 13.5. The second-order valence-electron chi connectivity index (χ2n) is 7.84. The number of carbonyl (C=O) groups excluding carboxylic acids is 1. The molecule has 7 nitrogen and oxygen atoms in total. The Bertz CT molecular complexity index is 1260. The Morgan fingerprint density at radius 3 is 2.30 bits per heavy atom. The summed E-state index contributed by atoms with van der Waals surface area (Å²) in [6, 6.07) is 22.6. The number of rotatable bonds is 11. The number of nitrogens with zero attached hydrogens (tertiary/aromatic N) is 2. The molecule has 0 aliphatic carbocycles. The summed E-state index contributed by atoms with van der Waals surface area (Å²) in [5, 5.41) is 0.593. The molecule has 1 aliphatic rings. The van der Waals surface area contributed by atoms with Crippen LogP contribution in [0.3, 0.4) is 0 Å². The van der Waals surface area contributed by atoms with Crippen molar-refractivity contribution in [3.8, 4) is 23.0 Å². The summed E-state index contributed by atoms with van der Waals surface area (Å²) in [6.45, 7) is 5.44. The summed E-state index contributed by atoms with van der Waals surface area (Å²) in [7, 11) is 1.59. The van der Waals surface area contributed by atoms with Crippen molar-refractivity contribution in [2.24, 2.45) is 4.99 Å². The minimum Gasteiger partial charge on any atom is -0.494 e. The Kier molecular flexibility index (Phi) is 9.10. The lowest BCUT2D eigenvalue weighted by molar-refractivity contribution is -0.113. The third-order valence-electron chi connectivity index (χ3n) is 5.35. The van der Waals surface area contributed by atoms with Crippen LogP contribution in [0.2, 0.25) is 0 Å².